The summed E-state index contributed by atoms with van der Waals surface area (Å²) < 4.78 is 0. The molecular formula is C10H17NO. The fourth-order valence-electron chi connectivity index (χ4n) is 1.81. The highest BCUT2D eigenvalue weighted by Gasteiger charge is 2.26. The van der Waals surface area contributed by atoms with Crippen molar-refractivity contribution in [2.75, 3.05) is 0 Å². The number of hydrogen-bond donors (Lipinski definition) is 0. The molecule has 0 aromatic carbocycles. The predicted molar refractivity (Wildman–Crippen MR) is 50.6 cm³/mol. The summed E-state index contributed by atoms with van der Waals surface area (Å²) in [6, 6.07) is 0.420. The Bertz CT molecular complexity index is 204. The number of hydrogen-bond acceptors (Lipinski definition) is 2. The number of carbonyl (C=O) groups is 1. The van der Waals surface area contributed by atoms with Gasteiger partial charge in [-0.2, -0.15) is 0 Å². The Kier molecular flexibility index (Phi) is 3.01. The molecule has 68 valence electrons. The van der Waals surface area contributed by atoms with Gasteiger partial charge >= 0.3 is 0 Å². The highest BCUT2D eigenvalue weighted by molar-refractivity contribution is 5.80. The van der Waals surface area contributed by atoms with Crippen molar-refractivity contribution in [3.8, 4) is 0 Å². The van der Waals surface area contributed by atoms with E-state index in [0.717, 1.165) is 25.0 Å². The van der Waals surface area contributed by atoms with E-state index in [1.165, 1.54) is 0 Å². The van der Waals surface area contributed by atoms with Crippen LogP contribution < -0.4 is 0 Å². The average molecular weight is 167 g/mol. The van der Waals surface area contributed by atoms with Crippen LogP contribution in [0.1, 0.15) is 40.0 Å². The Hall–Kier alpha value is -0.660. The van der Waals surface area contributed by atoms with Crippen LogP contribution in [-0.2, 0) is 4.79 Å². The third-order valence-electron chi connectivity index (χ3n) is 2.42. The third kappa shape index (κ3) is 2.43. The van der Waals surface area contributed by atoms with Gasteiger partial charge in [0, 0.05) is 11.6 Å². The SMILES string of the molecule is CC(=O)[C@H]1CC[C@@H](N=C(C)C)C1. The van der Waals surface area contributed by atoms with Crippen LogP contribution in [0.3, 0.4) is 0 Å². The molecule has 0 heterocycles. The van der Waals surface area contributed by atoms with Gasteiger partial charge < -0.3 is 0 Å². The molecule has 2 atom stereocenters. The van der Waals surface area contributed by atoms with Crippen molar-refractivity contribution < 1.29 is 4.79 Å². The summed E-state index contributed by atoms with van der Waals surface area (Å²) in [5.41, 5.74) is 1.13. The van der Waals surface area contributed by atoms with Crippen molar-refractivity contribution >= 4 is 11.5 Å². The summed E-state index contributed by atoms with van der Waals surface area (Å²) in [5.74, 6) is 0.625. The first-order valence-corrected chi connectivity index (χ1v) is 4.61. The van der Waals surface area contributed by atoms with Crippen LogP contribution >= 0.6 is 0 Å². The molecule has 0 aromatic heterocycles. The number of ketones is 1. The quantitative estimate of drug-likeness (QED) is 0.580. The van der Waals surface area contributed by atoms with Gasteiger partial charge in [0.15, 0.2) is 0 Å². The molecule has 1 aliphatic carbocycles. The molecule has 2 heteroatoms. The molecular weight excluding hydrogens is 150 g/mol. The summed E-state index contributed by atoms with van der Waals surface area (Å²) in [7, 11) is 0. The van der Waals surface area contributed by atoms with E-state index in [9.17, 15) is 4.79 Å². The van der Waals surface area contributed by atoms with Crippen LogP contribution in [0.5, 0.6) is 0 Å². The van der Waals surface area contributed by atoms with Crippen molar-refractivity contribution in [1.82, 2.24) is 0 Å². The Morgan fingerprint density at radius 2 is 1.92 bits per heavy atom. The topological polar surface area (TPSA) is 29.4 Å². The molecule has 0 N–H and O–H groups in total. The normalized spacial score (nSPS) is 28.6. The zero-order valence-corrected chi connectivity index (χ0v) is 8.13. The maximum atomic E-state index is 11.0. The van der Waals surface area contributed by atoms with Gasteiger partial charge in [0.1, 0.15) is 5.78 Å². The Labute approximate surface area is 74.1 Å². The van der Waals surface area contributed by atoms with Gasteiger partial charge in [-0.15, -0.1) is 0 Å². The van der Waals surface area contributed by atoms with Gasteiger partial charge in [-0.05, 0) is 40.0 Å². The second-order valence-electron chi connectivity index (χ2n) is 3.85. The molecule has 0 amide bonds. The van der Waals surface area contributed by atoms with Crippen LogP contribution in [-0.4, -0.2) is 17.5 Å². The van der Waals surface area contributed by atoms with E-state index in [1.807, 2.05) is 13.8 Å². The minimum Gasteiger partial charge on any atom is -0.300 e. The highest BCUT2D eigenvalue weighted by Crippen LogP contribution is 2.28. The summed E-state index contributed by atoms with van der Waals surface area (Å²) in [5, 5.41) is 0. The molecule has 1 aliphatic rings. The highest BCUT2D eigenvalue weighted by atomic mass is 16.1. The molecule has 0 unspecified atom stereocenters. The van der Waals surface area contributed by atoms with Crippen molar-refractivity contribution in [2.24, 2.45) is 10.9 Å². The van der Waals surface area contributed by atoms with E-state index < -0.39 is 0 Å². The second kappa shape index (κ2) is 3.83. The van der Waals surface area contributed by atoms with Crippen molar-refractivity contribution in [3.05, 3.63) is 0 Å². The van der Waals surface area contributed by atoms with E-state index in [2.05, 4.69) is 4.99 Å². The van der Waals surface area contributed by atoms with Gasteiger partial charge in [-0.1, -0.05) is 0 Å². The first-order valence-electron chi connectivity index (χ1n) is 4.61. The maximum absolute atomic E-state index is 11.0. The molecule has 12 heavy (non-hydrogen) atoms. The monoisotopic (exact) mass is 167 g/mol. The third-order valence-corrected chi connectivity index (χ3v) is 2.42. The fraction of sp³-hybridized carbons (Fsp3) is 0.800. The predicted octanol–water partition coefficient (Wildman–Crippen LogP) is 2.22. The Balaban J connectivity index is 2.46. The lowest BCUT2D eigenvalue weighted by Gasteiger charge is -2.04. The number of Topliss-reactive ketones (excluding diaryl/α,β-unsaturated/α-hetero) is 1. The lowest BCUT2D eigenvalue weighted by atomic mass is 10.0. The van der Waals surface area contributed by atoms with Crippen molar-refractivity contribution in [1.29, 1.82) is 0 Å². The zero-order chi connectivity index (χ0) is 9.14. The van der Waals surface area contributed by atoms with E-state index >= 15 is 0 Å². The first-order chi connectivity index (χ1) is 5.59. The molecule has 0 bridgehead atoms. The van der Waals surface area contributed by atoms with Crippen LogP contribution in [0.2, 0.25) is 0 Å². The minimum atomic E-state index is 0.290. The van der Waals surface area contributed by atoms with E-state index in [1.54, 1.807) is 6.92 Å². The minimum absolute atomic E-state index is 0.290. The molecule has 1 fully saturated rings. The molecule has 0 saturated heterocycles. The fourth-order valence-corrected chi connectivity index (χ4v) is 1.81. The van der Waals surface area contributed by atoms with E-state index in [-0.39, 0.29) is 5.92 Å². The standard InChI is InChI=1S/C10H17NO/c1-7(2)11-10-5-4-9(6-10)8(3)12/h9-10H,4-6H2,1-3H3/t9-,10+/m0/s1. The average Bonchev–Trinajstić information content (AvgIpc) is 2.34. The van der Waals surface area contributed by atoms with Crippen molar-refractivity contribution in [3.63, 3.8) is 0 Å². The summed E-state index contributed by atoms with van der Waals surface area (Å²) in [4.78, 5) is 15.5. The van der Waals surface area contributed by atoms with Crippen LogP contribution in [0, 0.1) is 5.92 Å². The second-order valence-corrected chi connectivity index (χ2v) is 3.85. The van der Waals surface area contributed by atoms with Crippen molar-refractivity contribution in [2.45, 2.75) is 46.1 Å². The van der Waals surface area contributed by atoms with Gasteiger partial charge in [-0.3, -0.25) is 9.79 Å². The molecule has 0 spiro atoms. The number of carbonyl (C=O) groups excluding carboxylic acids is 1. The van der Waals surface area contributed by atoms with Gasteiger partial charge in [0.05, 0.1) is 6.04 Å². The van der Waals surface area contributed by atoms with Crippen LogP contribution in [0.4, 0.5) is 0 Å². The number of aliphatic imine (C=N–C) groups is 1. The molecule has 2 nitrogen and oxygen atoms in total. The van der Waals surface area contributed by atoms with E-state index in [4.69, 9.17) is 0 Å². The summed E-state index contributed by atoms with van der Waals surface area (Å²) in [6.07, 6.45) is 3.10. The van der Waals surface area contributed by atoms with Gasteiger partial charge in [-0.25, -0.2) is 0 Å². The lowest BCUT2D eigenvalue weighted by Crippen LogP contribution is -2.08. The molecule has 0 aromatic rings. The van der Waals surface area contributed by atoms with Crippen LogP contribution in [0.15, 0.2) is 4.99 Å². The molecule has 1 saturated carbocycles. The molecule has 0 aliphatic heterocycles. The lowest BCUT2D eigenvalue weighted by molar-refractivity contribution is -0.120. The number of nitrogens with zero attached hydrogens (tertiary/aromatic N) is 1. The Morgan fingerprint density at radius 3 is 2.33 bits per heavy atom. The number of rotatable bonds is 2. The summed E-state index contributed by atoms with van der Waals surface area (Å²) in [6.45, 7) is 5.72. The maximum Gasteiger partial charge on any atom is 0.132 e. The Morgan fingerprint density at radius 1 is 1.25 bits per heavy atom. The van der Waals surface area contributed by atoms with Crippen LogP contribution in [0.25, 0.3) is 0 Å². The smallest absolute Gasteiger partial charge is 0.132 e. The van der Waals surface area contributed by atoms with E-state index in [0.29, 0.717) is 11.8 Å². The van der Waals surface area contributed by atoms with Gasteiger partial charge in [0.2, 0.25) is 0 Å². The first kappa shape index (κ1) is 9.43. The largest absolute Gasteiger partial charge is 0.300 e. The summed E-state index contributed by atoms with van der Waals surface area (Å²) >= 11 is 0. The molecule has 1 rings (SSSR count). The molecule has 0 radical (unpaired) electrons. The zero-order valence-electron chi connectivity index (χ0n) is 8.13. The van der Waals surface area contributed by atoms with Gasteiger partial charge in [0.25, 0.3) is 0 Å².